The van der Waals surface area contributed by atoms with Gasteiger partial charge in [0.15, 0.2) is 0 Å². The molecule has 1 fully saturated rings. The van der Waals surface area contributed by atoms with Gasteiger partial charge in [0.05, 0.1) is 5.69 Å². The summed E-state index contributed by atoms with van der Waals surface area (Å²) >= 11 is 1.01. The third-order valence-corrected chi connectivity index (χ3v) is 4.23. The van der Waals surface area contributed by atoms with Gasteiger partial charge >= 0.3 is 5.97 Å². The fourth-order valence-electron chi connectivity index (χ4n) is 2.38. The van der Waals surface area contributed by atoms with Gasteiger partial charge in [-0.2, -0.15) is 0 Å². The molecule has 0 aliphatic heterocycles. The number of amides is 1. The average molecular weight is 283 g/mol. The van der Waals surface area contributed by atoms with E-state index in [1.54, 1.807) is 0 Å². The van der Waals surface area contributed by atoms with E-state index >= 15 is 0 Å². The Morgan fingerprint density at radius 1 is 1.37 bits per heavy atom. The van der Waals surface area contributed by atoms with Gasteiger partial charge in [0.25, 0.3) is 5.91 Å². The summed E-state index contributed by atoms with van der Waals surface area (Å²) in [6.45, 7) is 3.85. The lowest BCUT2D eigenvalue weighted by atomic mass is 9.97. The smallest absolute Gasteiger partial charge is 0.329 e. The summed E-state index contributed by atoms with van der Waals surface area (Å²) < 4.78 is 3.79. The minimum absolute atomic E-state index is 0.0869. The molecule has 1 aromatic heterocycles. The molecule has 0 radical (unpaired) electrons. The predicted molar refractivity (Wildman–Crippen MR) is 70.3 cm³/mol. The molecule has 1 amide bonds. The first kappa shape index (κ1) is 13.9. The summed E-state index contributed by atoms with van der Waals surface area (Å²) in [5.74, 6) is -1.24. The molecular weight excluding hydrogens is 266 g/mol. The Labute approximate surface area is 115 Å². The third-order valence-electron chi connectivity index (χ3n) is 3.49. The fourth-order valence-corrected chi connectivity index (χ4v) is 3.09. The molecule has 1 saturated carbocycles. The van der Waals surface area contributed by atoms with Crippen molar-refractivity contribution in [3.05, 3.63) is 10.6 Å². The first-order valence-electron chi connectivity index (χ1n) is 6.34. The van der Waals surface area contributed by atoms with E-state index < -0.39 is 11.5 Å². The monoisotopic (exact) mass is 283 g/mol. The molecule has 0 saturated heterocycles. The Morgan fingerprint density at radius 2 is 2.00 bits per heavy atom. The zero-order valence-electron chi connectivity index (χ0n) is 11.0. The van der Waals surface area contributed by atoms with Crippen molar-refractivity contribution < 1.29 is 14.7 Å². The van der Waals surface area contributed by atoms with Gasteiger partial charge in [0.1, 0.15) is 10.4 Å². The van der Waals surface area contributed by atoms with Crippen molar-refractivity contribution in [1.82, 2.24) is 14.9 Å². The maximum atomic E-state index is 12.3. The number of aromatic nitrogens is 2. The number of hydrogen-bond acceptors (Lipinski definition) is 5. The minimum atomic E-state index is -1.12. The largest absolute Gasteiger partial charge is 0.480 e. The Bertz CT molecular complexity index is 492. The number of rotatable bonds is 4. The van der Waals surface area contributed by atoms with Crippen LogP contribution in [0.25, 0.3) is 0 Å². The van der Waals surface area contributed by atoms with Crippen LogP contribution in [0.2, 0.25) is 0 Å². The van der Waals surface area contributed by atoms with Crippen LogP contribution in [0.4, 0.5) is 0 Å². The molecule has 0 spiro atoms. The molecule has 0 aromatic carbocycles. The number of carboxylic acids is 1. The van der Waals surface area contributed by atoms with Crippen molar-refractivity contribution in [2.45, 2.75) is 51.0 Å². The number of carbonyl (C=O) groups excluding carboxylic acids is 1. The van der Waals surface area contributed by atoms with Gasteiger partial charge in [0.2, 0.25) is 0 Å². The number of carbonyl (C=O) groups is 2. The van der Waals surface area contributed by atoms with Crippen LogP contribution in [0.1, 0.15) is 60.8 Å². The van der Waals surface area contributed by atoms with Gasteiger partial charge < -0.3 is 10.4 Å². The van der Waals surface area contributed by atoms with Crippen molar-refractivity contribution in [3.63, 3.8) is 0 Å². The predicted octanol–water partition coefficient (Wildman–Crippen LogP) is 1.79. The van der Waals surface area contributed by atoms with E-state index in [1.807, 2.05) is 13.8 Å². The van der Waals surface area contributed by atoms with Crippen molar-refractivity contribution in [3.8, 4) is 0 Å². The lowest BCUT2D eigenvalue weighted by molar-refractivity contribution is -0.144. The van der Waals surface area contributed by atoms with Crippen LogP contribution in [-0.4, -0.2) is 32.1 Å². The summed E-state index contributed by atoms with van der Waals surface area (Å²) in [4.78, 5) is 24.1. The number of aliphatic carboxylic acids is 1. The molecule has 19 heavy (non-hydrogen) atoms. The summed E-state index contributed by atoms with van der Waals surface area (Å²) in [7, 11) is 0. The zero-order chi connectivity index (χ0) is 14.0. The van der Waals surface area contributed by atoms with Gasteiger partial charge in [-0.15, -0.1) is 5.10 Å². The van der Waals surface area contributed by atoms with Gasteiger partial charge in [-0.1, -0.05) is 31.2 Å². The van der Waals surface area contributed by atoms with E-state index in [9.17, 15) is 14.7 Å². The maximum Gasteiger partial charge on any atom is 0.329 e. The summed E-state index contributed by atoms with van der Waals surface area (Å²) in [5.41, 5.74) is -0.490. The van der Waals surface area contributed by atoms with E-state index in [4.69, 9.17) is 0 Å². The Balaban J connectivity index is 2.20. The number of nitrogens with one attached hydrogen (secondary N) is 1. The van der Waals surface area contributed by atoms with Gasteiger partial charge in [-0.05, 0) is 30.3 Å². The van der Waals surface area contributed by atoms with Crippen molar-refractivity contribution in [2.75, 3.05) is 0 Å². The molecule has 1 heterocycles. The standard InChI is InChI=1S/C12H17N3O3S/c1-7(2)8-9(19-15-14-8)10(16)13-12(11(17)18)5-3-4-6-12/h7H,3-6H2,1-2H3,(H,13,16)(H,17,18). The van der Waals surface area contributed by atoms with Gasteiger partial charge in [-0.25, -0.2) is 4.79 Å². The fraction of sp³-hybridized carbons (Fsp3) is 0.667. The van der Waals surface area contributed by atoms with Crippen molar-refractivity contribution in [2.24, 2.45) is 0 Å². The van der Waals surface area contributed by atoms with Gasteiger partial charge in [-0.3, -0.25) is 4.79 Å². The van der Waals surface area contributed by atoms with Crippen LogP contribution in [-0.2, 0) is 4.79 Å². The highest BCUT2D eigenvalue weighted by Gasteiger charge is 2.43. The van der Waals surface area contributed by atoms with Crippen molar-refractivity contribution in [1.29, 1.82) is 0 Å². The Morgan fingerprint density at radius 3 is 2.53 bits per heavy atom. The Hall–Kier alpha value is -1.50. The normalized spacial score (nSPS) is 17.6. The number of carboxylic acid groups (broad SMARTS) is 1. The molecule has 6 nitrogen and oxygen atoms in total. The highest BCUT2D eigenvalue weighted by molar-refractivity contribution is 7.08. The molecule has 0 bridgehead atoms. The van der Waals surface area contributed by atoms with E-state index in [0.717, 1.165) is 24.4 Å². The second-order valence-electron chi connectivity index (χ2n) is 5.19. The average Bonchev–Trinajstić information content (AvgIpc) is 2.97. The van der Waals surface area contributed by atoms with Crippen LogP contribution >= 0.6 is 11.5 Å². The molecule has 2 N–H and O–H groups in total. The molecule has 1 aromatic rings. The lowest BCUT2D eigenvalue weighted by Crippen LogP contribution is -2.52. The van der Waals surface area contributed by atoms with Crippen LogP contribution in [0.3, 0.4) is 0 Å². The van der Waals surface area contributed by atoms with E-state index in [0.29, 0.717) is 23.4 Å². The molecule has 0 unspecified atom stereocenters. The third kappa shape index (κ3) is 2.60. The first-order valence-corrected chi connectivity index (χ1v) is 7.12. The quantitative estimate of drug-likeness (QED) is 0.878. The van der Waals surface area contributed by atoms with E-state index in [-0.39, 0.29) is 11.8 Å². The SMILES string of the molecule is CC(C)c1nnsc1C(=O)NC1(C(=O)O)CCCC1. The lowest BCUT2D eigenvalue weighted by Gasteiger charge is -2.25. The first-order chi connectivity index (χ1) is 8.96. The van der Waals surface area contributed by atoms with Crippen LogP contribution in [0.15, 0.2) is 0 Å². The molecule has 2 rings (SSSR count). The molecule has 1 aliphatic rings. The molecular formula is C12H17N3O3S. The number of nitrogens with zero attached hydrogens (tertiary/aromatic N) is 2. The second-order valence-corrected chi connectivity index (χ2v) is 5.94. The second kappa shape index (κ2) is 5.24. The molecule has 104 valence electrons. The highest BCUT2D eigenvalue weighted by atomic mass is 32.1. The summed E-state index contributed by atoms with van der Waals surface area (Å²) in [5, 5.41) is 16.0. The van der Waals surface area contributed by atoms with E-state index in [2.05, 4.69) is 14.9 Å². The summed E-state index contributed by atoms with van der Waals surface area (Å²) in [6, 6.07) is 0. The van der Waals surface area contributed by atoms with Crippen molar-refractivity contribution >= 4 is 23.4 Å². The Kier molecular flexibility index (Phi) is 3.84. The van der Waals surface area contributed by atoms with Crippen LogP contribution in [0.5, 0.6) is 0 Å². The van der Waals surface area contributed by atoms with Gasteiger partial charge in [0, 0.05) is 0 Å². The van der Waals surface area contributed by atoms with E-state index in [1.165, 1.54) is 0 Å². The summed E-state index contributed by atoms with van der Waals surface area (Å²) in [6.07, 6.45) is 2.61. The molecule has 0 atom stereocenters. The molecule has 7 heteroatoms. The van der Waals surface area contributed by atoms with Crippen LogP contribution < -0.4 is 5.32 Å². The molecule has 1 aliphatic carbocycles. The highest BCUT2D eigenvalue weighted by Crippen LogP contribution is 2.31. The maximum absolute atomic E-state index is 12.3. The van der Waals surface area contributed by atoms with Crippen LogP contribution in [0, 0.1) is 0 Å². The zero-order valence-corrected chi connectivity index (χ0v) is 11.8. The topological polar surface area (TPSA) is 92.2 Å². The minimum Gasteiger partial charge on any atom is -0.480 e. The number of hydrogen-bond donors (Lipinski definition) is 2.